The molecule has 0 aliphatic rings. The van der Waals surface area contributed by atoms with E-state index >= 15 is 0 Å². The first-order valence-corrected chi connectivity index (χ1v) is 7.88. The van der Waals surface area contributed by atoms with Gasteiger partial charge in [-0.25, -0.2) is 4.98 Å². The third-order valence-corrected chi connectivity index (χ3v) is 4.36. The summed E-state index contributed by atoms with van der Waals surface area (Å²) in [6, 6.07) is 10.9. The number of imidazole rings is 1. The lowest BCUT2D eigenvalue weighted by Gasteiger charge is -2.41. The van der Waals surface area contributed by atoms with Crippen molar-refractivity contribution < 1.29 is 0 Å². The normalized spacial score (nSPS) is 14.3. The number of rotatable bonds is 8. The number of unbranched alkanes of at least 4 members (excludes halogenated alkanes) is 2. The summed E-state index contributed by atoms with van der Waals surface area (Å²) in [5.41, 5.74) is 1.41. The molecule has 1 aromatic heterocycles. The maximum Gasteiger partial charge on any atom is 0.0946 e. The third-order valence-electron chi connectivity index (χ3n) is 4.36. The van der Waals surface area contributed by atoms with Crippen molar-refractivity contribution in [3.8, 4) is 0 Å². The summed E-state index contributed by atoms with van der Waals surface area (Å²) in [7, 11) is 4.38. The van der Waals surface area contributed by atoms with Crippen molar-refractivity contribution in [3.63, 3.8) is 0 Å². The molecule has 2 rings (SSSR count). The quantitative estimate of drug-likeness (QED) is 0.685. The van der Waals surface area contributed by atoms with Gasteiger partial charge < -0.3 is 4.57 Å². The highest BCUT2D eigenvalue weighted by molar-refractivity contribution is 5.24. The molecule has 0 aliphatic heterocycles. The van der Waals surface area contributed by atoms with E-state index in [1.807, 2.05) is 12.5 Å². The minimum atomic E-state index is 0.0249. The number of benzene rings is 1. The molecule has 1 unspecified atom stereocenters. The van der Waals surface area contributed by atoms with Crippen LogP contribution in [0, 0.1) is 0 Å². The first-order valence-electron chi connectivity index (χ1n) is 7.88. The van der Waals surface area contributed by atoms with Crippen molar-refractivity contribution in [2.75, 3.05) is 14.1 Å². The predicted molar refractivity (Wildman–Crippen MR) is 88.2 cm³/mol. The molecule has 0 N–H and O–H groups in total. The molecule has 21 heavy (non-hydrogen) atoms. The van der Waals surface area contributed by atoms with Crippen LogP contribution in [0.25, 0.3) is 0 Å². The third kappa shape index (κ3) is 3.73. The van der Waals surface area contributed by atoms with E-state index in [-0.39, 0.29) is 5.54 Å². The van der Waals surface area contributed by atoms with Crippen molar-refractivity contribution in [2.45, 2.75) is 44.7 Å². The molecule has 0 radical (unpaired) electrons. The van der Waals surface area contributed by atoms with Crippen molar-refractivity contribution in [2.24, 2.45) is 0 Å². The number of likely N-dealkylation sites (N-methyl/N-ethyl adjacent to an activating group) is 1. The van der Waals surface area contributed by atoms with E-state index in [1.54, 1.807) is 0 Å². The van der Waals surface area contributed by atoms with Crippen LogP contribution in [-0.4, -0.2) is 28.5 Å². The summed E-state index contributed by atoms with van der Waals surface area (Å²) < 4.78 is 2.19. The minimum absolute atomic E-state index is 0.0249. The lowest BCUT2D eigenvalue weighted by atomic mass is 9.83. The molecule has 0 amide bonds. The van der Waals surface area contributed by atoms with Gasteiger partial charge in [-0.3, -0.25) is 4.90 Å². The Morgan fingerprint density at radius 1 is 1.14 bits per heavy atom. The summed E-state index contributed by atoms with van der Waals surface area (Å²) >= 11 is 0. The smallest absolute Gasteiger partial charge is 0.0946 e. The van der Waals surface area contributed by atoms with E-state index in [1.165, 1.54) is 24.8 Å². The maximum absolute atomic E-state index is 4.20. The summed E-state index contributed by atoms with van der Waals surface area (Å²) in [6.45, 7) is 3.20. The number of hydrogen-bond donors (Lipinski definition) is 0. The molecule has 0 saturated carbocycles. The molecule has 0 spiro atoms. The largest absolute Gasteiger partial charge is 0.335 e. The fraction of sp³-hybridized carbons (Fsp3) is 0.500. The van der Waals surface area contributed by atoms with Gasteiger partial charge in [-0.1, -0.05) is 56.5 Å². The number of hydrogen-bond acceptors (Lipinski definition) is 2. The van der Waals surface area contributed by atoms with Crippen LogP contribution >= 0.6 is 0 Å². The first kappa shape index (κ1) is 15.8. The van der Waals surface area contributed by atoms with Crippen molar-refractivity contribution in [3.05, 3.63) is 54.6 Å². The molecule has 1 atom stereocenters. The monoisotopic (exact) mass is 285 g/mol. The van der Waals surface area contributed by atoms with Crippen LogP contribution in [-0.2, 0) is 12.1 Å². The van der Waals surface area contributed by atoms with Crippen molar-refractivity contribution in [1.82, 2.24) is 14.5 Å². The van der Waals surface area contributed by atoms with Gasteiger partial charge >= 0.3 is 0 Å². The Balaban J connectivity index is 2.33. The lowest BCUT2D eigenvalue weighted by molar-refractivity contribution is 0.110. The standard InChI is InChI=1S/C18H27N3/c1-4-5-9-12-18(20(2)3,15-21-14-13-19-16-21)17-10-7-6-8-11-17/h6-8,10-11,13-14,16H,4-5,9,12,15H2,1-3H3. The van der Waals surface area contributed by atoms with E-state index in [0.29, 0.717) is 0 Å². The lowest BCUT2D eigenvalue weighted by Crippen LogP contribution is -2.45. The Bertz CT molecular complexity index is 505. The number of nitrogens with zero attached hydrogens (tertiary/aromatic N) is 3. The van der Waals surface area contributed by atoms with Crippen LogP contribution in [0.5, 0.6) is 0 Å². The molecule has 0 bridgehead atoms. The van der Waals surface area contributed by atoms with Gasteiger partial charge in [-0.15, -0.1) is 0 Å². The molecule has 0 saturated heterocycles. The second-order valence-corrected chi connectivity index (χ2v) is 5.98. The van der Waals surface area contributed by atoms with E-state index in [2.05, 4.69) is 72.0 Å². The summed E-state index contributed by atoms with van der Waals surface area (Å²) in [6.07, 6.45) is 10.8. The molecule has 114 valence electrons. The topological polar surface area (TPSA) is 21.1 Å². The van der Waals surface area contributed by atoms with Crippen LogP contribution in [0.15, 0.2) is 49.1 Å². The highest BCUT2D eigenvalue weighted by Crippen LogP contribution is 2.34. The SMILES string of the molecule is CCCCCC(Cn1ccnc1)(c1ccccc1)N(C)C. The van der Waals surface area contributed by atoms with Gasteiger partial charge in [0.05, 0.1) is 11.9 Å². The summed E-state index contributed by atoms with van der Waals surface area (Å²) in [5, 5.41) is 0. The van der Waals surface area contributed by atoms with Crippen LogP contribution in [0.3, 0.4) is 0 Å². The Hall–Kier alpha value is -1.61. The molecular formula is C18H27N3. The first-order chi connectivity index (χ1) is 10.2. The Kier molecular flexibility index (Phi) is 5.57. The zero-order chi connectivity index (χ0) is 15.1. The van der Waals surface area contributed by atoms with Gasteiger partial charge in [0.25, 0.3) is 0 Å². The number of aromatic nitrogens is 2. The van der Waals surface area contributed by atoms with Crippen LogP contribution in [0.4, 0.5) is 0 Å². The van der Waals surface area contributed by atoms with E-state index in [0.717, 1.165) is 13.0 Å². The van der Waals surface area contributed by atoms with Crippen LogP contribution in [0.1, 0.15) is 38.2 Å². The zero-order valence-electron chi connectivity index (χ0n) is 13.5. The average molecular weight is 285 g/mol. The summed E-state index contributed by atoms with van der Waals surface area (Å²) in [5.74, 6) is 0. The molecule has 1 aromatic carbocycles. The molecular weight excluding hydrogens is 258 g/mol. The molecule has 0 fully saturated rings. The highest BCUT2D eigenvalue weighted by atomic mass is 15.2. The van der Waals surface area contributed by atoms with E-state index in [4.69, 9.17) is 0 Å². The van der Waals surface area contributed by atoms with Gasteiger partial charge in [0.2, 0.25) is 0 Å². The minimum Gasteiger partial charge on any atom is -0.335 e. The Morgan fingerprint density at radius 2 is 1.90 bits per heavy atom. The second kappa shape index (κ2) is 7.41. The van der Waals surface area contributed by atoms with Gasteiger partial charge in [0.1, 0.15) is 0 Å². The van der Waals surface area contributed by atoms with Crippen LogP contribution in [0.2, 0.25) is 0 Å². The fourth-order valence-electron chi connectivity index (χ4n) is 3.04. The van der Waals surface area contributed by atoms with Crippen molar-refractivity contribution >= 4 is 0 Å². The average Bonchev–Trinajstić information content (AvgIpc) is 3.00. The highest BCUT2D eigenvalue weighted by Gasteiger charge is 2.34. The molecule has 0 aliphatic carbocycles. The van der Waals surface area contributed by atoms with Gasteiger partial charge in [-0.05, 0) is 26.1 Å². The van der Waals surface area contributed by atoms with E-state index in [9.17, 15) is 0 Å². The summed E-state index contributed by atoms with van der Waals surface area (Å²) in [4.78, 5) is 6.57. The van der Waals surface area contributed by atoms with Crippen molar-refractivity contribution in [1.29, 1.82) is 0 Å². The molecule has 1 heterocycles. The predicted octanol–water partition coefficient (Wildman–Crippen LogP) is 3.92. The van der Waals surface area contributed by atoms with Gasteiger partial charge in [-0.2, -0.15) is 0 Å². The van der Waals surface area contributed by atoms with Gasteiger partial charge in [0, 0.05) is 18.9 Å². The zero-order valence-corrected chi connectivity index (χ0v) is 13.5. The Labute approximate surface area is 128 Å². The molecule has 3 heteroatoms. The van der Waals surface area contributed by atoms with Crippen LogP contribution < -0.4 is 0 Å². The Morgan fingerprint density at radius 3 is 2.48 bits per heavy atom. The molecule has 2 aromatic rings. The van der Waals surface area contributed by atoms with E-state index < -0.39 is 0 Å². The molecule has 3 nitrogen and oxygen atoms in total. The maximum atomic E-state index is 4.20. The van der Waals surface area contributed by atoms with Gasteiger partial charge in [0.15, 0.2) is 0 Å². The fourth-order valence-corrected chi connectivity index (χ4v) is 3.04. The second-order valence-electron chi connectivity index (χ2n) is 5.98.